The van der Waals surface area contributed by atoms with Crippen LogP contribution in [0.4, 0.5) is 13.2 Å². The van der Waals surface area contributed by atoms with Crippen molar-refractivity contribution in [3.8, 4) is 0 Å². The molecule has 28 heavy (non-hydrogen) atoms. The van der Waals surface area contributed by atoms with E-state index in [9.17, 15) is 13.2 Å². The van der Waals surface area contributed by atoms with Crippen LogP contribution in [0.15, 0.2) is 64.5 Å². The number of fused-ring (bicyclic) bond motifs is 1. The van der Waals surface area contributed by atoms with E-state index in [1.807, 2.05) is 6.08 Å². The van der Waals surface area contributed by atoms with Crippen molar-refractivity contribution >= 4 is 5.71 Å². The minimum atomic E-state index is -4.36. The summed E-state index contributed by atoms with van der Waals surface area (Å²) in [6, 6.07) is 5.47. The van der Waals surface area contributed by atoms with Crippen molar-refractivity contribution in [3.63, 3.8) is 0 Å². The first-order chi connectivity index (χ1) is 13.5. The van der Waals surface area contributed by atoms with Crippen LogP contribution in [0.1, 0.15) is 43.2 Å². The van der Waals surface area contributed by atoms with Gasteiger partial charge in [-0.25, -0.2) is 0 Å². The normalized spacial score (nSPS) is 17.9. The zero-order valence-corrected chi connectivity index (χ0v) is 16.0. The standard InChI is InChI=1S/C22H25F3N2O/c1-28-14-13-26-20-11-4-2-3-7-16-8-6-12-19(27-21(16)20)17-9-5-10-18(15-17)22(23,24)25/h2-3,5,7,9-10,15,26H,4,6,8,11-14H2,1H3. The minimum Gasteiger partial charge on any atom is -0.384 e. The molecule has 6 heteroatoms. The van der Waals surface area contributed by atoms with E-state index in [0.29, 0.717) is 30.8 Å². The molecule has 0 radical (unpaired) electrons. The number of ether oxygens (including phenoxy) is 1. The number of benzene rings is 1. The molecule has 1 aromatic carbocycles. The lowest BCUT2D eigenvalue weighted by Crippen LogP contribution is -2.21. The third-order valence-electron chi connectivity index (χ3n) is 4.86. The van der Waals surface area contributed by atoms with Gasteiger partial charge in [0.2, 0.25) is 0 Å². The molecule has 2 aliphatic rings. The van der Waals surface area contributed by atoms with Crippen molar-refractivity contribution in [1.82, 2.24) is 5.32 Å². The van der Waals surface area contributed by atoms with Gasteiger partial charge in [-0.05, 0) is 55.4 Å². The van der Waals surface area contributed by atoms with Gasteiger partial charge in [0.25, 0.3) is 0 Å². The molecular formula is C22H25F3N2O. The Morgan fingerprint density at radius 1 is 1.18 bits per heavy atom. The molecule has 1 aliphatic heterocycles. The summed E-state index contributed by atoms with van der Waals surface area (Å²) in [5, 5.41) is 3.42. The summed E-state index contributed by atoms with van der Waals surface area (Å²) >= 11 is 0. The van der Waals surface area contributed by atoms with Crippen LogP contribution >= 0.6 is 0 Å². The first kappa shape index (κ1) is 20.4. The molecule has 0 unspecified atom stereocenters. The summed E-state index contributed by atoms with van der Waals surface area (Å²) in [5.41, 5.74) is 3.63. The van der Waals surface area contributed by atoms with Gasteiger partial charge in [0.05, 0.1) is 17.9 Å². The van der Waals surface area contributed by atoms with Crippen LogP contribution < -0.4 is 5.32 Å². The highest BCUT2D eigenvalue weighted by atomic mass is 19.4. The minimum absolute atomic E-state index is 0.539. The lowest BCUT2D eigenvalue weighted by Gasteiger charge is -2.17. The van der Waals surface area contributed by atoms with Gasteiger partial charge >= 0.3 is 6.18 Å². The molecule has 0 aromatic heterocycles. The lowest BCUT2D eigenvalue weighted by molar-refractivity contribution is -0.137. The summed E-state index contributed by atoms with van der Waals surface area (Å²) in [5.74, 6) is 0. The van der Waals surface area contributed by atoms with Crippen LogP contribution in [0.2, 0.25) is 0 Å². The molecule has 3 nitrogen and oxygen atoms in total. The molecular weight excluding hydrogens is 365 g/mol. The second kappa shape index (κ2) is 9.24. The van der Waals surface area contributed by atoms with Gasteiger partial charge in [0.15, 0.2) is 0 Å². The van der Waals surface area contributed by atoms with Gasteiger partial charge in [-0.15, -0.1) is 0 Å². The Kier molecular flexibility index (Phi) is 6.73. The number of nitrogens with one attached hydrogen (secondary N) is 1. The molecule has 0 saturated heterocycles. The molecule has 0 spiro atoms. The maximum Gasteiger partial charge on any atom is 0.416 e. The van der Waals surface area contributed by atoms with Crippen LogP contribution in [-0.2, 0) is 10.9 Å². The highest BCUT2D eigenvalue weighted by Crippen LogP contribution is 2.32. The number of allylic oxidation sites excluding steroid dienone is 5. The largest absolute Gasteiger partial charge is 0.416 e. The molecule has 150 valence electrons. The number of hydrogen-bond donors (Lipinski definition) is 1. The Balaban J connectivity index is 2.03. The fourth-order valence-corrected chi connectivity index (χ4v) is 3.44. The van der Waals surface area contributed by atoms with E-state index in [-0.39, 0.29) is 0 Å². The fourth-order valence-electron chi connectivity index (χ4n) is 3.44. The van der Waals surface area contributed by atoms with Gasteiger partial charge in [-0.3, -0.25) is 4.99 Å². The second-order valence-corrected chi connectivity index (χ2v) is 6.90. The third kappa shape index (κ3) is 5.13. The average molecular weight is 390 g/mol. The van der Waals surface area contributed by atoms with Crippen molar-refractivity contribution in [2.45, 2.75) is 38.3 Å². The Bertz CT molecular complexity index is 819. The Labute approximate surface area is 163 Å². The molecule has 1 aromatic rings. The number of rotatable bonds is 5. The summed E-state index contributed by atoms with van der Waals surface area (Å²) < 4.78 is 44.5. The first-order valence-corrected chi connectivity index (χ1v) is 9.56. The van der Waals surface area contributed by atoms with E-state index in [2.05, 4.69) is 17.5 Å². The molecule has 0 bridgehead atoms. The van der Waals surface area contributed by atoms with Crippen molar-refractivity contribution in [1.29, 1.82) is 0 Å². The second-order valence-electron chi connectivity index (χ2n) is 6.90. The van der Waals surface area contributed by atoms with Crippen molar-refractivity contribution < 1.29 is 17.9 Å². The third-order valence-corrected chi connectivity index (χ3v) is 4.86. The Morgan fingerprint density at radius 3 is 2.82 bits per heavy atom. The number of hydrogen-bond acceptors (Lipinski definition) is 3. The summed E-state index contributed by atoms with van der Waals surface area (Å²) in [4.78, 5) is 4.88. The number of alkyl halides is 3. The molecule has 0 atom stereocenters. The number of nitrogens with zero attached hydrogens (tertiary/aromatic N) is 1. The van der Waals surface area contributed by atoms with Crippen LogP contribution in [0, 0.1) is 0 Å². The smallest absolute Gasteiger partial charge is 0.384 e. The van der Waals surface area contributed by atoms with Gasteiger partial charge < -0.3 is 10.1 Å². The predicted octanol–water partition coefficient (Wildman–Crippen LogP) is 5.40. The Morgan fingerprint density at radius 2 is 2.04 bits per heavy atom. The monoisotopic (exact) mass is 390 g/mol. The number of aliphatic imine (C=N–C) groups is 1. The van der Waals surface area contributed by atoms with Gasteiger partial charge in [-0.1, -0.05) is 30.4 Å². The molecule has 1 heterocycles. The van der Waals surface area contributed by atoms with Gasteiger partial charge in [-0.2, -0.15) is 13.2 Å². The van der Waals surface area contributed by atoms with Crippen LogP contribution in [0.25, 0.3) is 0 Å². The number of methoxy groups -OCH3 is 1. The summed E-state index contributed by atoms with van der Waals surface area (Å²) in [6.45, 7) is 1.25. The van der Waals surface area contributed by atoms with E-state index in [1.165, 1.54) is 12.1 Å². The predicted molar refractivity (Wildman–Crippen MR) is 105 cm³/mol. The fraction of sp³-hybridized carbons (Fsp3) is 0.409. The molecule has 0 saturated carbocycles. The first-order valence-electron chi connectivity index (χ1n) is 9.56. The van der Waals surface area contributed by atoms with E-state index >= 15 is 0 Å². The molecule has 0 amide bonds. The van der Waals surface area contributed by atoms with Crippen molar-refractivity contribution in [2.24, 2.45) is 4.99 Å². The van der Waals surface area contributed by atoms with Crippen molar-refractivity contribution in [2.75, 3.05) is 20.3 Å². The van der Waals surface area contributed by atoms with Crippen molar-refractivity contribution in [3.05, 3.63) is 70.6 Å². The van der Waals surface area contributed by atoms with Crippen LogP contribution in [0.5, 0.6) is 0 Å². The average Bonchev–Trinajstić information content (AvgIpc) is 2.86. The zero-order valence-electron chi connectivity index (χ0n) is 16.0. The maximum absolute atomic E-state index is 13.1. The molecule has 1 N–H and O–H groups in total. The van der Waals surface area contributed by atoms with Gasteiger partial charge in [0.1, 0.15) is 0 Å². The maximum atomic E-state index is 13.1. The van der Waals surface area contributed by atoms with E-state index in [0.717, 1.165) is 48.7 Å². The van der Waals surface area contributed by atoms with Gasteiger partial charge in [0, 0.05) is 25.1 Å². The highest BCUT2D eigenvalue weighted by molar-refractivity contribution is 6.01. The van der Waals surface area contributed by atoms with E-state index < -0.39 is 11.7 Å². The molecule has 1 aliphatic carbocycles. The zero-order chi connectivity index (χ0) is 20.0. The molecule has 0 fully saturated rings. The van der Waals surface area contributed by atoms with Crippen LogP contribution in [-0.4, -0.2) is 26.0 Å². The molecule has 3 rings (SSSR count). The van der Waals surface area contributed by atoms with E-state index in [4.69, 9.17) is 9.73 Å². The van der Waals surface area contributed by atoms with Crippen LogP contribution in [0.3, 0.4) is 0 Å². The Hall–Kier alpha value is -2.34. The highest BCUT2D eigenvalue weighted by Gasteiger charge is 2.31. The quantitative estimate of drug-likeness (QED) is 0.683. The summed E-state index contributed by atoms with van der Waals surface area (Å²) in [7, 11) is 1.65. The lowest BCUT2D eigenvalue weighted by atomic mass is 10.00. The summed E-state index contributed by atoms with van der Waals surface area (Å²) in [6.07, 6.45) is 5.94. The number of halogens is 3. The SMILES string of the molecule is COCCNC1=C2N=C(c3cccc(C(F)(F)F)c3)CCCC2=CC=CCC1. The topological polar surface area (TPSA) is 33.6 Å². The van der Waals surface area contributed by atoms with E-state index in [1.54, 1.807) is 13.2 Å².